The molecule has 8 nitrogen and oxygen atoms in total. The van der Waals surface area contributed by atoms with Gasteiger partial charge in [0.05, 0.1) is 25.2 Å². The molecular formula is C16H18N2O6S. The molecule has 0 atom stereocenters. The van der Waals surface area contributed by atoms with Crippen molar-refractivity contribution in [3.8, 4) is 11.5 Å². The first-order chi connectivity index (χ1) is 12.0. The molecular weight excluding hydrogens is 348 g/mol. The number of primary amides is 1. The Bertz CT molecular complexity index is 719. The predicted molar refractivity (Wildman–Crippen MR) is 92.2 cm³/mol. The third-order valence-electron chi connectivity index (χ3n) is 3.25. The van der Waals surface area contributed by atoms with Crippen molar-refractivity contribution < 1.29 is 28.6 Å². The summed E-state index contributed by atoms with van der Waals surface area (Å²) in [4.78, 5) is 36.4. The molecule has 3 amide bonds. The molecule has 1 aromatic rings. The van der Waals surface area contributed by atoms with Crippen molar-refractivity contribution in [1.82, 2.24) is 4.90 Å². The van der Waals surface area contributed by atoms with Gasteiger partial charge in [0.25, 0.3) is 17.1 Å². The Hall–Kier alpha value is -2.52. The zero-order valence-corrected chi connectivity index (χ0v) is 14.6. The van der Waals surface area contributed by atoms with Crippen LogP contribution in [0, 0.1) is 0 Å². The van der Waals surface area contributed by atoms with Gasteiger partial charge in [-0.2, -0.15) is 0 Å². The van der Waals surface area contributed by atoms with Crippen LogP contribution in [-0.4, -0.2) is 55.9 Å². The highest BCUT2D eigenvalue weighted by Gasteiger charge is 2.34. The van der Waals surface area contributed by atoms with Crippen LogP contribution in [0.1, 0.15) is 5.56 Å². The first-order valence-corrected chi connectivity index (χ1v) is 8.11. The van der Waals surface area contributed by atoms with E-state index in [2.05, 4.69) is 0 Å². The fourth-order valence-electron chi connectivity index (χ4n) is 2.07. The SMILES string of the molecule is COCCN1C(=O)S/C(=C/c2ccc(OCC(N)=O)c(OC)c2)C1=O. The molecule has 1 heterocycles. The van der Waals surface area contributed by atoms with Crippen LogP contribution in [0.4, 0.5) is 4.79 Å². The molecule has 0 unspecified atom stereocenters. The lowest BCUT2D eigenvalue weighted by molar-refractivity contribution is -0.123. The number of thioether (sulfide) groups is 1. The predicted octanol–water partition coefficient (Wildman–Crippen LogP) is 1.24. The van der Waals surface area contributed by atoms with E-state index in [0.29, 0.717) is 22.0 Å². The lowest BCUT2D eigenvalue weighted by atomic mass is 10.2. The van der Waals surface area contributed by atoms with E-state index in [4.69, 9.17) is 19.9 Å². The van der Waals surface area contributed by atoms with Crippen molar-refractivity contribution >= 4 is 34.9 Å². The number of nitrogens with two attached hydrogens (primary N) is 1. The number of methoxy groups -OCH3 is 2. The molecule has 1 aliphatic heterocycles. The molecule has 0 radical (unpaired) electrons. The molecule has 0 aromatic heterocycles. The fraction of sp³-hybridized carbons (Fsp3) is 0.312. The van der Waals surface area contributed by atoms with Gasteiger partial charge in [0.2, 0.25) is 0 Å². The van der Waals surface area contributed by atoms with Gasteiger partial charge in [0.15, 0.2) is 18.1 Å². The number of hydrogen-bond donors (Lipinski definition) is 1. The van der Waals surface area contributed by atoms with Crippen LogP contribution >= 0.6 is 11.8 Å². The van der Waals surface area contributed by atoms with Crippen LogP contribution in [0.3, 0.4) is 0 Å². The molecule has 9 heteroatoms. The third kappa shape index (κ3) is 4.74. The zero-order valence-electron chi connectivity index (χ0n) is 13.8. The number of carbonyl (C=O) groups excluding carboxylic acids is 3. The Kier molecular flexibility index (Phi) is 6.43. The van der Waals surface area contributed by atoms with Gasteiger partial charge in [-0.1, -0.05) is 6.07 Å². The first-order valence-electron chi connectivity index (χ1n) is 7.29. The van der Waals surface area contributed by atoms with Crippen molar-refractivity contribution in [3.63, 3.8) is 0 Å². The number of ether oxygens (including phenoxy) is 3. The molecule has 25 heavy (non-hydrogen) atoms. The molecule has 2 rings (SSSR count). The Morgan fingerprint density at radius 1 is 1.28 bits per heavy atom. The molecule has 1 aliphatic rings. The Labute approximate surface area is 148 Å². The molecule has 1 saturated heterocycles. The summed E-state index contributed by atoms with van der Waals surface area (Å²) in [5.41, 5.74) is 5.70. The van der Waals surface area contributed by atoms with Gasteiger partial charge < -0.3 is 19.9 Å². The molecule has 1 aromatic carbocycles. The molecule has 0 saturated carbocycles. The lowest BCUT2D eigenvalue weighted by Gasteiger charge is -2.11. The van der Waals surface area contributed by atoms with E-state index < -0.39 is 5.91 Å². The van der Waals surface area contributed by atoms with E-state index in [-0.39, 0.29) is 30.9 Å². The normalized spacial score (nSPS) is 15.8. The van der Waals surface area contributed by atoms with Crippen molar-refractivity contribution in [2.75, 3.05) is 34.0 Å². The lowest BCUT2D eigenvalue weighted by Crippen LogP contribution is -2.31. The highest BCUT2D eigenvalue weighted by atomic mass is 32.2. The van der Waals surface area contributed by atoms with Gasteiger partial charge >= 0.3 is 0 Å². The van der Waals surface area contributed by atoms with Crippen LogP contribution in [-0.2, 0) is 14.3 Å². The number of hydrogen-bond acceptors (Lipinski definition) is 7. The van der Waals surface area contributed by atoms with E-state index >= 15 is 0 Å². The average Bonchev–Trinajstić information content (AvgIpc) is 2.85. The van der Waals surface area contributed by atoms with Gasteiger partial charge in [-0.15, -0.1) is 0 Å². The summed E-state index contributed by atoms with van der Waals surface area (Å²) < 4.78 is 15.4. The minimum Gasteiger partial charge on any atom is -0.493 e. The van der Waals surface area contributed by atoms with Gasteiger partial charge in [-0.25, -0.2) is 0 Å². The van der Waals surface area contributed by atoms with Crippen LogP contribution in [0.15, 0.2) is 23.1 Å². The maximum atomic E-state index is 12.3. The highest BCUT2D eigenvalue weighted by Crippen LogP contribution is 2.34. The average molecular weight is 366 g/mol. The van der Waals surface area contributed by atoms with E-state index in [9.17, 15) is 14.4 Å². The number of carbonyl (C=O) groups is 3. The van der Waals surface area contributed by atoms with Gasteiger partial charge in [0, 0.05) is 7.11 Å². The minimum atomic E-state index is -0.601. The maximum Gasteiger partial charge on any atom is 0.293 e. The van der Waals surface area contributed by atoms with Crippen LogP contribution in [0.25, 0.3) is 6.08 Å². The molecule has 0 spiro atoms. The second-order valence-electron chi connectivity index (χ2n) is 4.99. The summed E-state index contributed by atoms with van der Waals surface area (Å²) in [6.45, 7) is 0.223. The van der Waals surface area contributed by atoms with Gasteiger partial charge in [-0.05, 0) is 35.5 Å². The van der Waals surface area contributed by atoms with Crippen molar-refractivity contribution in [3.05, 3.63) is 28.7 Å². The topological polar surface area (TPSA) is 108 Å². The second-order valence-corrected chi connectivity index (χ2v) is 5.98. The summed E-state index contributed by atoms with van der Waals surface area (Å²) in [5.74, 6) is -0.226. The number of amides is 3. The van der Waals surface area contributed by atoms with Crippen LogP contribution < -0.4 is 15.2 Å². The van der Waals surface area contributed by atoms with E-state index in [1.54, 1.807) is 24.3 Å². The standard InChI is InChI=1S/C16H18N2O6S/c1-22-6-5-18-15(20)13(25-16(18)21)8-10-3-4-11(12(7-10)23-2)24-9-14(17)19/h3-4,7-8H,5-6,9H2,1-2H3,(H2,17,19)/b13-8+. The Morgan fingerprint density at radius 3 is 2.68 bits per heavy atom. The number of imide groups is 1. The van der Waals surface area contributed by atoms with Crippen molar-refractivity contribution in [1.29, 1.82) is 0 Å². The largest absolute Gasteiger partial charge is 0.493 e. The summed E-state index contributed by atoms with van der Waals surface area (Å²) in [5, 5.41) is -0.332. The smallest absolute Gasteiger partial charge is 0.293 e. The number of benzene rings is 1. The monoisotopic (exact) mass is 366 g/mol. The molecule has 0 bridgehead atoms. The van der Waals surface area contributed by atoms with Crippen molar-refractivity contribution in [2.45, 2.75) is 0 Å². The molecule has 134 valence electrons. The van der Waals surface area contributed by atoms with E-state index in [1.807, 2.05) is 0 Å². The highest BCUT2D eigenvalue weighted by molar-refractivity contribution is 8.18. The van der Waals surface area contributed by atoms with E-state index in [1.165, 1.54) is 14.2 Å². The quantitative estimate of drug-likeness (QED) is 0.690. The fourth-order valence-corrected chi connectivity index (χ4v) is 2.93. The first kappa shape index (κ1) is 18.8. The number of rotatable bonds is 8. The zero-order chi connectivity index (χ0) is 18.4. The molecule has 0 aliphatic carbocycles. The van der Waals surface area contributed by atoms with Gasteiger partial charge in [-0.3, -0.25) is 19.3 Å². The molecule has 1 fully saturated rings. The summed E-state index contributed by atoms with van der Waals surface area (Å²) in [6.07, 6.45) is 1.60. The molecule has 2 N–H and O–H groups in total. The third-order valence-corrected chi connectivity index (χ3v) is 4.16. The number of nitrogens with zero attached hydrogens (tertiary/aromatic N) is 1. The van der Waals surface area contributed by atoms with Crippen LogP contribution in [0.2, 0.25) is 0 Å². The Morgan fingerprint density at radius 2 is 2.04 bits per heavy atom. The summed E-state index contributed by atoms with van der Waals surface area (Å²) in [6, 6.07) is 4.92. The van der Waals surface area contributed by atoms with Gasteiger partial charge in [0.1, 0.15) is 0 Å². The second kappa shape index (κ2) is 8.54. The van der Waals surface area contributed by atoms with Crippen LogP contribution in [0.5, 0.6) is 11.5 Å². The minimum absolute atomic E-state index is 0.210. The van der Waals surface area contributed by atoms with E-state index in [0.717, 1.165) is 16.7 Å². The maximum absolute atomic E-state index is 12.3. The summed E-state index contributed by atoms with van der Waals surface area (Å²) >= 11 is 0.869. The van der Waals surface area contributed by atoms with Crippen molar-refractivity contribution in [2.24, 2.45) is 5.73 Å². The Balaban J connectivity index is 2.19. The summed E-state index contributed by atoms with van der Waals surface area (Å²) in [7, 11) is 2.96.